The molecule has 0 spiro atoms. The van der Waals surface area contributed by atoms with E-state index in [1.165, 1.54) is 0 Å². The molecule has 2 rings (SSSR count). The smallest absolute Gasteiger partial charge is 0.377 e. The highest BCUT2D eigenvalue weighted by Gasteiger charge is 2.17. The van der Waals surface area contributed by atoms with Crippen LogP contribution in [-0.4, -0.2) is 31.0 Å². The number of hydrogen-bond donors (Lipinski definition) is 1. The first-order valence-electron chi connectivity index (χ1n) is 4.15. The molecule has 0 unspecified atom stereocenters. The minimum Gasteiger partial charge on any atom is -0.475 e. The average molecular weight is 208 g/mol. The first kappa shape index (κ1) is 9.38. The Morgan fingerprint density at radius 1 is 1.60 bits per heavy atom. The second-order valence-corrected chi connectivity index (χ2v) is 3.00. The minimum atomic E-state index is -1.22. The Bertz CT molecular complexity index is 514. The van der Waals surface area contributed by atoms with Gasteiger partial charge in [-0.25, -0.2) is 4.79 Å². The molecule has 0 aliphatic rings. The molecule has 2 heterocycles. The van der Waals surface area contributed by atoms with E-state index < -0.39 is 5.97 Å². The molecule has 0 saturated carbocycles. The van der Waals surface area contributed by atoms with Crippen molar-refractivity contribution >= 4 is 5.97 Å². The molecule has 78 valence electrons. The number of aromatic nitrogens is 4. The van der Waals surface area contributed by atoms with Crippen LogP contribution in [0.2, 0.25) is 0 Å². The van der Waals surface area contributed by atoms with Crippen LogP contribution < -0.4 is 0 Å². The SMILES string of the molecule is Cc1c(-c2nc(C(=O)O)no2)cnn1C. The lowest BCUT2D eigenvalue weighted by Crippen LogP contribution is -1.98. The summed E-state index contributed by atoms with van der Waals surface area (Å²) in [5, 5.41) is 15.9. The van der Waals surface area contributed by atoms with E-state index in [0.717, 1.165) is 5.69 Å². The van der Waals surface area contributed by atoms with Crippen LogP contribution in [0.25, 0.3) is 11.5 Å². The standard InChI is InChI=1S/C8H8N4O3/c1-4-5(3-9-12(4)2)7-10-6(8(13)14)11-15-7/h3H,1-2H3,(H,13,14). The molecule has 0 radical (unpaired) electrons. The highest BCUT2D eigenvalue weighted by Crippen LogP contribution is 2.20. The molecule has 2 aromatic rings. The topological polar surface area (TPSA) is 94.0 Å². The maximum Gasteiger partial charge on any atom is 0.377 e. The van der Waals surface area contributed by atoms with Gasteiger partial charge >= 0.3 is 5.97 Å². The van der Waals surface area contributed by atoms with E-state index in [9.17, 15) is 4.79 Å². The normalized spacial score (nSPS) is 10.5. The van der Waals surface area contributed by atoms with E-state index in [4.69, 9.17) is 9.63 Å². The largest absolute Gasteiger partial charge is 0.475 e. The van der Waals surface area contributed by atoms with E-state index in [1.807, 2.05) is 6.92 Å². The van der Waals surface area contributed by atoms with E-state index >= 15 is 0 Å². The van der Waals surface area contributed by atoms with Crippen LogP contribution in [0.4, 0.5) is 0 Å². The van der Waals surface area contributed by atoms with Gasteiger partial charge in [0.1, 0.15) is 0 Å². The summed E-state index contributed by atoms with van der Waals surface area (Å²) in [5.41, 5.74) is 1.47. The second-order valence-electron chi connectivity index (χ2n) is 3.00. The van der Waals surface area contributed by atoms with Gasteiger partial charge < -0.3 is 9.63 Å². The first-order chi connectivity index (χ1) is 7.09. The maximum absolute atomic E-state index is 10.5. The number of hydrogen-bond acceptors (Lipinski definition) is 5. The molecular weight excluding hydrogens is 200 g/mol. The number of carboxylic acid groups (broad SMARTS) is 1. The summed E-state index contributed by atoms with van der Waals surface area (Å²) >= 11 is 0. The van der Waals surface area contributed by atoms with Gasteiger partial charge in [-0.1, -0.05) is 0 Å². The van der Waals surface area contributed by atoms with Crippen molar-refractivity contribution in [3.05, 3.63) is 17.7 Å². The van der Waals surface area contributed by atoms with Gasteiger partial charge in [0.15, 0.2) is 0 Å². The summed E-state index contributed by atoms with van der Waals surface area (Å²) in [6.45, 7) is 1.83. The zero-order chi connectivity index (χ0) is 11.0. The predicted octanol–water partition coefficient (Wildman–Crippen LogP) is 0.477. The Balaban J connectivity index is 2.46. The number of rotatable bonds is 2. The number of carboxylic acids is 1. The Morgan fingerprint density at radius 2 is 2.33 bits per heavy atom. The van der Waals surface area contributed by atoms with Crippen molar-refractivity contribution in [2.75, 3.05) is 0 Å². The van der Waals surface area contributed by atoms with Gasteiger partial charge in [-0.3, -0.25) is 4.68 Å². The third-order valence-electron chi connectivity index (χ3n) is 2.08. The monoisotopic (exact) mass is 208 g/mol. The van der Waals surface area contributed by atoms with Crippen molar-refractivity contribution in [1.82, 2.24) is 19.9 Å². The highest BCUT2D eigenvalue weighted by molar-refractivity contribution is 5.83. The van der Waals surface area contributed by atoms with Crippen LogP contribution in [-0.2, 0) is 7.05 Å². The number of aryl methyl sites for hydroxylation is 1. The Kier molecular flexibility index (Phi) is 2.00. The molecule has 7 heteroatoms. The summed E-state index contributed by atoms with van der Waals surface area (Å²) in [6, 6.07) is 0. The molecule has 0 amide bonds. The van der Waals surface area contributed by atoms with Gasteiger partial charge in [0.25, 0.3) is 11.7 Å². The van der Waals surface area contributed by atoms with E-state index in [2.05, 4.69) is 15.2 Å². The number of nitrogens with zero attached hydrogens (tertiary/aromatic N) is 4. The van der Waals surface area contributed by atoms with Crippen LogP contribution in [0.3, 0.4) is 0 Å². The zero-order valence-corrected chi connectivity index (χ0v) is 8.13. The first-order valence-corrected chi connectivity index (χ1v) is 4.15. The van der Waals surface area contributed by atoms with Crippen LogP contribution in [0.5, 0.6) is 0 Å². The maximum atomic E-state index is 10.5. The van der Waals surface area contributed by atoms with Gasteiger partial charge in [-0.15, -0.1) is 0 Å². The molecule has 2 aromatic heterocycles. The number of aromatic carboxylic acids is 1. The van der Waals surface area contributed by atoms with E-state index in [1.54, 1.807) is 17.9 Å². The molecule has 0 fully saturated rings. The molecule has 7 nitrogen and oxygen atoms in total. The van der Waals surface area contributed by atoms with Gasteiger partial charge in [-0.05, 0) is 12.1 Å². The van der Waals surface area contributed by atoms with Gasteiger partial charge in [0.2, 0.25) is 0 Å². The summed E-state index contributed by atoms with van der Waals surface area (Å²) in [6.07, 6.45) is 1.55. The Morgan fingerprint density at radius 3 is 2.80 bits per heavy atom. The third kappa shape index (κ3) is 1.47. The van der Waals surface area contributed by atoms with Crippen molar-refractivity contribution in [1.29, 1.82) is 0 Å². The fourth-order valence-electron chi connectivity index (χ4n) is 1.13. The van der Waals surface area contributed by atoms with Crippen LogP contribution in [0.15, 0.2) is 10.7 Å². The van der Waals surface area contributed by atoms with Crippen molar-refractivity contribution in [3.8, 4) is 11.5 Å². The molecule has 0 aliphatic heterocycles. The molecule has 0 saturated heterocycles. The molecule has 15 heavy (non-hydrogen) atoms. The zero-order valence-electron chi connectivity index (χ0n) is 8.13. The molecule has 1 N–H and O–H groups in total. The predicted molar refractivity (Wildman–Crippen MR) is 48.2 cm³/mol. The van der Waals surface area contributed by atoms with E-state index in [-0.39, 0.29) is 11.7 Å². The summed E-state index contributed by atoms with van der Waals surface area (Å²) in [5.74, 6) is -1.40. The lowest BCUT2D eigenvalue weighted by atomic mass is 10.2. The lowest BCUT2D eigenvalue weighted by Gasteiger charge is -1.93. The molecular formula is C8H8N4O3. The lowest BCUT2D eigenvalue weighted by molar-refractivity contribution is 0.0680. The second kappa shape index (κ2) is 3.19. The minimum absolute atomic E-state index is 0.165. The summed E-state index contributed by atoms with van der Waals surface area (Å²) in [7, 11) is 1.77. The van der Waals surface area contributed by atoms with Gasteiger partial charge in [0, 0.05) is 12.7 Å². The fraction of sp³-hybridized carbons (Fsp3) is 0.250. The summed E-state index contributed by atoms with van der Waals surface area (Å²) < 4.78 is 6.45. The molecule has 0 atom stereocenters. The Labute approximate surface area is 84.3 Å². The van der Waals surface area contributed by atoms with Crippen molar-refractivity contribution < 1.29 is 14.4 Å². The van der Waals surface area contributed by atoms with Gasteiger partial charge in [-0.2, -0.15) is 10.1 Å². The molecule has 0 aliphatic carbocycles. The fourth-order valence-corrected chi connectivity index (χ4v) is 1.13. The average Bonchev–Trinajstić information content (AvgIpc) is 2.76. The summed E-state index contributed by atoms with van der Waals surface area (Å²) in [4.78, 5) is 14.3. The quantitative estimate of drug-likeness (QED) is 0.771. The Hall–Kier alpha value is -2.18. The van der Waals surface area contributed by atoms with Crippen molar-refractivity contribution in [2.24, 2.45) is 7.05 Å². The van der Waals surface area contributed by atoms with Crippen LogP contribution in [0, 0.1) is 6.92 Å². The van der Waals surface area contributed by atoms with Gasteiger partial charge in [0.05, 0.1) is 11.8 Å². The number of carbonyl (C=O) groups is 1. The third-order valence-corrected chi connectivity index (χ3v) is 2.08. The van der Waals surface area contributed by atoms with Crippen LogP contribution in [0.1, 0.15) is 16.3 Å². The van der Waals surface area contributed by atoms with Crippen molar-refractivity contribution in [3.63, 3.8) is 0 Å². The highest BCUT2D eigenvalue weighted by atomic mass is 16.5. The molecule has 0 bridgehead atoms. The van der Waals surface area contributed by atoms with E-state index in [0.29, 0.717) is 5.56 Å². The van der Waals surface area contributed by atoms with Crippen molar-refractivity contribution in [2.45, 2.75) is 6.92 Å². The van der Waals surface area contributed by atoms with Crippen LogP contribution >= 0.6 is 0 Å². The molecule has 0 aromatic carbocycles.